The fraction of sp³-hybridized carbons (Fsp3) is 0.0667. The molecule has 0 atom stereocenters. The molecule has 1 aromatic carbocycles. The molecular weight excluding hydrogens is 243 g/mol. The lowest BCUT2D eigenvalue weighted by atomic mass is 10.0. The van der Waals surface area contributed by atoms with Crippen molar-refractivity contribution in [3.63, 3.8) is 0 Å². The van der Waals surface area contributed by atoms with E-state index in [9.17, 15) is 9.18 Å². The van der Waals surface area contributed by atoms with E-state index in [1.165, 1.54) is 18.3 Å². The van der Waals surface area contributed by atoms with Crippen LogP contribution in [0.1, 0.15) is 12.6 Å². The molecule has 0 fully saturated rings. The molecule has 0 spiro atoms. The molecule has 2 heterocycles. The highest BCUT2D eigenvalue weighted by atomic mass is 19.1. The van der Waals surface area contributed by atoms with E-state index in [-0.39, 0.29) is 11.4 Å². The van der Waals surface area contributed by atoms with Gasteiger partial charge in [-0.15, -0.1) is 0 Å². The zero-order chi connectivity index (χ0) is 13.6. The average molecular weight is 254 g/mol. The third kappa shape index (κ3) is 1.73. The number of hydrogen-bond acceptors (Lipinski definition) is 2. The second-order valence-corrected chi connectivity index (χ2v) is 4.50. The molecule has 3 rings (SSSR count). The smallest absolute Gasteiger partial charge is 0.258 e. The summed E-state index contributed by atoms with van der Waals surface area (Å²) in [5.41, 5.74) is 1.74. The predicted octanol–water partition coefficient (Wildman–Crippen LogP) is 3.25. The first-order valence-corrected chi connectivity index (χ1v) is 5.84. The average Bonchev–Trinajstić information content (AvgIpc) is 2.37. The van der Waals surface area contributed by atoms with Gasteiger partial charge in [-0.25, -0.2) is 9.37 Å². The summed E-state index contributed by atoms with van der Waals surface area (Å²) in [4.78, 5) is 19.0. The summed E-state index contributed by atoms with van der Waals surface area (Å²) in [5, 5.41) is 1.70. The van der Waals surface area contributed by atoms with Crippen molar-refractivity contribution in [2.75, 3.05) is 0 Å². The molecule has 0 aliphatic carbocycles. The van der Waals surface area contributed by atoms with Gasteiger partial charge in [0.2, 0.25) is 0 Å². The lowest BCUT2D eigenvalue weighted by molar-refractivity contribution is 0.630. The maximum absolute atomic E-state index is 13.5. The molecule has 2 aromatic heterocycles. The molecule has 4 heteroatoms. The van der Waals surface area contributed by atoms with Crippen LogP contribution in [-0.2, 0) is 0 Å². The summed E-state index contributed by atoms with van der Waals surface area (Å²) in [6.07, 6.45) is 1.53. The molecule has 1 N–H and O–H groups in total. The van der Waals surface area contributed by atoms with Gasteiger partial charge in [-0.2, -0.15) is 0 Å². The number of fused-ring (bicyclic) bond motifs is 3. The van der Waals surface area contributed by atoms with Crippen molar-refractivity contribution < 1.29 is 4.39 Å². The summed E-state index contributed by atoms with van der Waals surface area (Å²) in [7, 11) is 0. The van der Waals surface area contributed by atoms with Crippen molar-refractivity contribution in [3.8, 4) is 0 Å². The van der Waals surface area contributed by atoms with Gasteiger partial charge >= 0.3 is 0 Å². The van der Waals surface area contributed by atoms with Crippen LogP contribution in [0.3, 0.4) is 0 Å². The summed E-state index contributed by atoms with van der Waals surface area (Å²) in [5.74, 6) is -0.379. The van der Waals surface area contributed by atoms with E-state index >= 15 is 0 Å². The monoisotopic (exact) mass is 254 g/mol. The quantitative estimate of drug-likeness (QED) is 0.677. The lowest BCUT2D eigenvalue weighted by Crippen LogP contribution is -2.07. The number of aromatic amines is 1. The van der Waals surface area contributed by atoms with Gasteiger partial charge in [-0.3, -0.25) is 4.79 Å². The number of H-pyrrole nitrogens is 1. The van der Waals surface area contributed by atoms with E-state index in [1.807, 2.05) is 6.92 Å². The molecule has 0 saturated heterocycles. The molecule has 0 saturated carbocycles. The van der Waals surface area contributed by atoms with E-state index in [0.717, 1.165) is 11.0 Å². The van der Waals surface area contributed by atoms with Gasteiger partial charge < -0.3 is 4.98 Å². The van der Waals surface area contributed by atoms with E-state index < -0.39 is 0 Å². The maximum atomic E-state index is 13.5. The number of benzene rings is 1. The molecule has 0 radical (unpaired) electrons. The van der Waals surface area contributed by atoms with Crippen molar-refractivity contribution in [1.29, 1.82) is 0 Å². The standard InChI is InChI=1S/C15H11FN2O/c1-8(2)14-10-4-3-9(16)7-11(10)13-12(18-14)5-6-17-15(13)19/h3-7H,1H2,2H3,(H,17,19). The maximum Gasteiger partial charge on any atom is 0.258 e. The largest absolute Gasteiger partial charge is 0.328 e. The highest BCUT2D eigenvalue weighted by Crippen LogP contribution is 2.27. The van der Waals surface area contributed by atoms with Gasteiger partial charge in [0, 0.05) is 17.0 Å². The highest BCUT2D eigenvalue weighted by molar-refractivity contribution is 6.08. The number of nitrogens with zero attached hydrogens (tertiary/aromatic N) is 1. The molecule has 3 aromatic rings. The van der Waals surface area contributed by atoms with Crippen LogP contribution < -0.4 is 5.56 Å². The van der Waals surface area contributed by atoms with Crippen LogP contribution in [0.4, 0.5) is 4.39 Å². The lowest BCUT2D eigenvalue weighted by Gasteiger charge is -2.08. The third-order valence-electron chi connectivity index (χ3n) is 3.08. The predicted molar refractivity (Wildman–Crippen MR) is 74.5 cm³/mol. The zero-order valence-electron chi connectivity index (χ0n) is 10.3. The van der Waals surface area contributed by atoms with Crippen molar-refractivity contribution in [3.05, 3.63) is 58.9 Å². The molecule has 0 bridgehead atoms. The minimum atomic E-state index is -0.379. The number of nitrogens with one attached hydrogen (secondary N) is 1. The molecule has 94 valence electrons. The Labute approximate surface area is 108 Å². The second-order valence-electron chi connectivity index (χ2n) is 4.50. The highest BCUT2D eigenvalue weighted by Gasteiger charge is 2.11. The van der Waals surface area contributed by atoms with Crippen molar-refractivity contribution in [2.45, 2.75) is 6.92 Å². The SMILES string of the molecule is C=C(C)c1nc2cc[nH]c(=O)c2c2cc(F)ccc12. The van der Waals surface area contributed by atoms with Crippen LogP contribution in [0.15, 0.2) is 41.8 Å². The Balaban J connectivity index is 2.67. The Hall–Kier alpha value is -2.49. The summed E-state index contributed by atoms with van der Waals surface area (Å²) < 4.78 is 13.5. The van der Waals surface area contributed by atoms with Crippen molar-refractivity contribution >= 4 is 27.2 Å². The van der Waals surface area contributed by atoms with Gasteiger partial charge in [0.05, 0.1) is 16.6 Å². The van der Waals surface area contributed by atoms with E-state index in [1.54, 1.807) is 12.1 Å². The normalized spacial score (nSPS) is 11.1. The number of allylic oxidation sites excluding steroid dienone is 1. The van der Waals surface area contributed by atoms with Gasteiger partial charge in [0.15, 0.2) is 0 Å². The fourth-order valence-electron chi connectivity index (χ4n) is 2.26. The third-order valence-corrected chi connectivity index (χ3v) is 3.08. The van der Waals surface area contributed by atoms with Gasteiger partial charge in [0.1, 0.15) is 5.82 Å². The van der Waals surface area contributed by atoms with Crippen LogP contribution in [0, 0.1) is 5.82 Å². The Morgan fingerprint density at radius 1 is 1.32 bits per heavy atom. The first kappa shape index (κ1) is 11.6. The number of halogens is 1. The topological polar surface area (TPSA) is 45.8 Å². The van der Waals surface area contributed by atoms with E-state index in [4.69, 9.17) is 0 Å². The Morgan fingerprint density at radius 3 is 2.84 bits per heavy atom. The second kappa shape index (κ2) is 4.02. The first-order valence-electron chi connectivity index (χ1n) is 5.84. The minimum absolute atomic E-state index is 0.270. The van der Waals surface area contributed by atoms with Crippen molar-refractivity contribution in [1.82, 2.24) is 9.97 Å². The summed E-state index contributed by atoms with van der Waals surface area (Å²) in [6.45, 7) is 5.72. The fourth-order valence-corrected chi connectivity index (χ4v) is 2.26. The molecule has 0 unspecified atom stereocenters. The number of pyridine rings is 2. The van der Waals surface area contributed by atoms with Gasteiger partial charge in [-0.1, -0.05) is 6.58 Å². The zero-order valence-corrected chi connectivity index (χ0v) is 10.3. The minimum Gasteiger partial charge on any atom is -0.328 e. The Bertz CT molecular complexity index is 880. The van der Waals surface area contributed by atoms with Gasteiger partial charge in [0.25, 0.3) is 5.56 Å². The molecule has 3 nitrogen and oxygen atoms in total. The molecule has 19 heavy (non-hydrogen) atoms. The number of rotatable bonds is 1. The molecule has 0 amide bonds. The van der Waals surface area contributed by atoms with Crippen LogP contribution in [0.25, 0.3) is 27.2 Å². The Morgan fingerprint density at radius 2 is 2.11 bits per heavy atom. The molecule has 0 aliphatic heterocycles. The van der Waals surface area contributed by atoms with Crippen LogP contribution in [0.5, 0.6) is 0 Å². The summed E-state index contributed by atoms with van der Waals surface area (Å²) >= 11 is 0. The number of hydrogen-bond donors (Lipinski definition) is 1. The van der Waals surface area contributed by atoms with Crippen LogP contribution in [-0.4, -0.2) is 9.97 Å². The van der Waals surface area contributed by atoms with E-state index in [0.29, 0.717) is 22.0 Å². The van der Waals surface area contributed by atoms with Crippen LogP contribution >= 0.6 is 0 Å². The Kier molecular flexibility index (Phi) is 2.45. The molecular formula is C15H11FN2O. The van der Waals surface area contributed by atoms with Crippen LogP contribution in [0.2, 0.25) is 0 Å². The van der Waals surface area contributed by atoms with Gasteiger partial charge in [-0.05, 0) is 36.8 Å². The van der Waals surface area contributed by atoms with E-state index in [2.05, 4.69) is 16.5 Å². The molecule has 0 aliphatic rings. The summed E-state index contributed by atoms with van der Waals surface area (Å²) in [6, 6.07) is 6.06. The number of aromatic nitrogens is 2. The van der Waals surface area contributed by atoms with Crippen molar-refractivity contribution in [2.24, 2.45) is 0 Å². The first-order chi connectivity index (χ1) is 9.08.